The van der Waals surface area contributed by atoms with Crippen LogP contribution < -0.4 is 11.1 Å². The lowest BCUT2D eigenvalue weighted by Crippen LogP contribution is -2.48. The van der Waals surface area contributed by atoms with Crippen LogP contribution in [0.1, 0.15) is 45.1 Å². The van der Waals surface area contributed by atoms with Crippen LogP contribution in [0.25, 0.3) is 0 Å². The number of nitrogens with two attached hydrogens (primary N) is 1. The molecule has 1 unspecified atom stereocenters. The Hall–Kier alpha value is -1.10. The van der Waals surface area contributed by atoms with Crippen LogP contribution in [-0.2, 0) is 16.1 Å². The number of benzene rings is 1. The zero-order valence-corrected chi connectivity index (χ0v) is 14.2. The summed E-state index contributed by atoms with van der Waals surface area (Å²) in [6, 6.07) is 7.77. The first-order chi connectivity index (χ1) is 10.0. The summed E-state index contributed by atoms with van der Waals surface area (Å²) in [4.78, 5) is 12.2. The molecule has 124 valence electrons. The minimum atomic E-state index is -0.826. The maximum absolute atomic E-state index is 12.2. The van der Waals surface area contributed by atoms with Gasteiger partial charge in [0.25, 0.3) is 0 Å². The van der Waals surface area contributed by atoms with E-state index in [1.54, 1.807) is 6.92 Å². The van der Waals surface area contributed by atoms with Crippen molar-refractivity contribution in [3.05, 3.63) is 29.8 Å². The molecule has 1 saturated carbocycles. The number of hydrogen-bond donors (Lipinski definition) is 2. The van der Waals surface area contributed by atoms with Crippen molar-refractivity contribution in [3.63, 3.8) is 0 Å². The normalized spacial score (nSPS) is 16.5. The molecule has 0 bridgehead atoms. The van der Waals surface area contributed by atoms with Crippen molar-refractivity contribution < 1.29 is 9.53 Å². The molecule has 22 heavy (non-hydrogen) atoms. The summed E-state index contributed by atoms with van der Waals surface area (Å²) in [5.41, 5.74) is 7.06. The molecule has 1 aromatic carbocycles. The van der Waals surface area contributed by atoms with E-state index >= 15 is 0 Å². The van der Waals surface area contributed by atoms with E-state index in [9.17, 15) is 4.79 Å². The first-order valence-corrected chi connectivity index (χ1v) is 7.78. The first-order valence-electron chi connectivity index (χ1n) is 7.78. The second-order valence-electron chi connectivity index (χ2n) is 6.28. The van der Waals surface area contributed by atoms with Crippen molar-refractivity contribution in [1.82, 2.24) is 0 Å². The van der Waals surface area contributed by atoms with Crippen LogP contribution in [0.4, 0.5) is 5.69 Å². The summed E-state index contributed by atoms with van der Waals surface area (Å²) in [6.07, 6.45) is 4.14. The second-order valence-corrected chi connectivity index (χ2v) is 6.28. The van der Waals surface area contributed by atoms with Crippen molar-refractivity contribution in [1.29, 1.82) is 0 Å². The molecule has 0 saturated heterocycles. The van der Waals surface area contributed by atoms with Gasteiger partial charge in [0.2, 0.25) is 5.91 Å². The van der Waals surface area contributed by atoms with E-state index < -0.39 is 5.54 Å². The highest BCUT2D eigenvalue weighted by atomic mass is 35.5. The fraction of sp³-hybridized carbons (Fsp3) is 0.588. The Kier molecular flexibility index (Phi) is 7.33. The predicted octanol–water partition coefficient (Wildman–Crippen LogP) is 3.49. The van der Waals surface area contributed by atoms with Crippen molar-refractivity contribution >= 4 is 24.0 Å². The van der Waals surface area contributed by atoms with Crippen molar-refractivity contribution in [3.8, 4) is 0 Å². The molecule has 3 N–H and O–H groups in total. The van der Waals surface area contributed by atoms with Gasteiger partial charge in [-0.2, -0.15) is 0 Å². The summed E-state index contributed by atoms with van der Waals surface area (Å²) in [5, 5.41) is 2.90. The van der Waals surface area contributed by atoms with Crippen LogP contribution in [0.2, 0.25) is 0 Å². The van der Waals surface area contributed by atoms with Crippen LogP contribution in [0.3, 0.4) is 0 Å². The molecule has 0 radical (unpaired) electrons. The molecule has 1 aliphatic carbocycles. The van der Waals surface area contributed by atoms with Gasteiger partial charge in [-0.05, 0) is 49.8 Å². The maximum atomic E-state index is 12.2. The minimum absolute atomic E-state index is 0. The maximum Gasteiger partial charge on any atom is 0.244 e. The summed E-state index contributed by atoms with van der Waals surface area (Å²) < 4.78 is 5.67. The fourth-order valence-corrected chi connectivity index (χ4v) is 2.27. The molecule has 1 aliphatic rings. The molecule has 4 nitrogen and oxygen atoms in total. The molecule has 0 heterocycles. The zero-order chi connectivity index (χ0) is 15.3. The second kappa shape index (κ2) is 8.51. The molecule has 0 spiro atoms. The molecular weight excluding hydrogens is 300 g/mol. The predicted molar refractivity (Wildman–Crippen MR) is 92.2 cm³/mol. The number of halogens is 1. The number of amides is 1. The van der Waals surface area contributed by atoms with E-state index in [0.29, 0.717) is 13.0 Å². The minimum Gasteiger partial charge on any atom is -0.376 e. The van der Waals surface area contributed by atoms with Crippen LogP contribution in [0, 0.1) is 5.92 Å². The number of carbonyl (C=O) groups excluding carboxylic acids is 1. The van der Waals surface area contributed by atoms with Gasteiger partial charge in [0.15, 0.2) is 0 Å². The largest absolute Gasteiger partial charge is 0.376 e. The lowest BCUT2D eigenvalue weighted by molar-refractivity contribution is -0.120. The van der Waals surface area contributed by atoms with E-state index in [4.69, 9.17) is 10.5 Å². The van der Waals surface area contributed by atoms with Gasteiger partial charge in [-0.15, -0.1) is 12.4 Å². The van der Waals surface area contributed by atoms with Crippen LogP contribution >= 0.6 is 12.4 Å². The smallest absolute Gasteiger partial charge is 0.244 e. The van der Waals surface area contributed by atoms with Crippen molar-refractivity contribution in [2.75, 3.05) is 11.9 Å². The Balaban J connectivity index is 0.00000242. The molecule has 1 amide bonds. The van der Waals surface area contributed by atoms with Crippen LogP contribution in [0.15, 0.2) is 24.3 Å². The Labute approximate surface area is 139 Å². The number of rotatable bonds is 8. The van der Waals surface area contributed by atoms with Gasteiger partial charge in [0.1, 0.15) is 0 Å². The van der Waals surface area contributed by atoms with Crippen LogP contribution in [0.5, 0.6) is 0 Å². The fourth-order valence-electron chi connectivity index (χ4n) is 2.27. The lowest BCUT2D eigenvalue weighted by atomic mass is 9.96. The zero-order valence-electron chi connectivity index (χ0n) is 13.4. The highest BCUT2D eigenvalue weighted by Crippen LogP contribution is 2.29. The average molecular weight is 327 g/mol. The van der Waals surface area contributed by atoms with Gasteiger partial charge in [0, 0.05) is 12.3 Å². The molecule has 5 heteroatoms. The lowest BCUT2D eigenvalue weighted by Gasteiger charge is -2.23. The van der Waals surface area contributed by atoms with E-state index in [1.165, 1.54) is 12.8 Å². The van der Waals surface area contributed by atoms with Gasteiger partial charge in [0.05, 0.1) is 12.1 Å². The highest BCUT2D eigenvalue weighted by Gasteiger charge is 2.27. The third-order valence-corrected chi connectivity index (χ3v) is 3.79. The van der Waals surface area contributed by atoms with E-state index in [1.807, 2.05) is 31.2 Å². The standard InChI is InChI=1S/C17H26N2O2.ClH/c1-3-9-17(2,18)16(20)19-15-6-4-5-14(10-15)12-21-11-13-7-8-13;/h4-6,10,13H,3,7-9,11-12,18H2,1-2H3,(H,19,20);1H. The molecule has 1 atom stereocenters. The monoisotopic (exact) mass is 326 g/mol. The summed E-state index contributed by atoms with van der Waals surface area (Å²) in [7, 11) is 0. The molecule has 0 aliphatic heterocycles. The van der Waals surface area contributed by atoms with Crippen molar-refractivity contribution in [2.45, 2.75) is 51.7 Å². The van der Waals surface area contributed by atoms with Gasteiger partial charge in [-0.25, -0.2) is 0 Å². The Morgan fingerprint density at radius 3 is 2.82 bits per heavy atom. The van der Waals surface area contributed by atoms with E-state index in [2.05, 4.69) is 5.32 Å². The van der Waals surface area contributed by atoms with Crippen molar-refractivity contribution in [2.24, 2.45) is 11.7 Å². The number of anilines is 1. The number of nitrogens with one attached hydrogen (secondary N) is 1. The van der Waals surface area contributed by atoms with Gasteiger partial charge >= 0.3 is 0 Å². The quantitative estimate of drug-likeness (QED) is 0.768. The highest BCUT2D eigenvalue weighted by molar-refractivity contribution is 5.97. The Morgan fingerprint density at radius 2 is 2.18 bits per heavy atom. The summed E-state index contributed by atoms with van der Waals surface area (Å²) in [6.45, 7) is 5.23. The number of carbonyl (C=O) groups is 1. The van der Waals surface area contributed by atoms with Gasteiger partial charge < -0.3 is 15.8 Å². The summed E-state index contributed by atoms with van der Waals surface area (Å²) >= 11 is 0. The molecular formula is C17H27ClN2O2. The molecule has 0 aromatic heterocycles. The number of hydrogen-bond acceptors (Lipinski definition) is 3. The topological polar surface area (TPSA) is 64.4 Å². The van der Waals surface area contributed by atoms with Gasteiger partial charge in [-0.3, -0.25) is 4.79 Å². The number of ether oxygens (including phenoxy) is 1. The van der Waals surface area contributed by atoms with Crippen LogP contribution in [-0.4, -0.2) is 18.1 Å². The Bertz CT molecular complexity index is 487. The SMILES string of the molecule is CCCC(C)(N)C(=O)Nc1cccc(COCC2CC2)c1.Cl. The molecule has 2 rings (SSSR count). The summed E-state index contributed by atoms with van der Waals surface area (Å²) in [5.74, 6) is 0.625. The van der Waals surface area contributed by atoms with E-state index in [0.717, 1.165) is 30.2 Å². The third kappa shape index (κ3) is 5.95. The average Bonchev–Trinajstić information content (AvgIpc) is 3.23. The molecule has 1 aromatic rings. The molecule has 1 fully saturated rings. The van der Waals surface area contributed by atoms with Gasteiger partial charge in [-0.1, -0.05) is 25.5 Å². The Morgan fingerprint density at radius 1 is 1.45 bits per heavy atom. The van der Waals surface area contributed by atoms with E-state index in [-0.39, 0.29) is 18.3 Å². The first kappa shape index (κ1) is 18.9. The third-order valence-electron chi connectivity index (χ3n) is 3.79.